The molecule has 2 heterocycles. The molecule has 1 aromatic carbocycles. The summed E-state index contributed by atoms with van der Waals surface area (Å²) in [5, 5.41) is 4.61. The van der Waals surface area contributed by atoms with Crippen molar-refractivity contribution >= 4 is 36.9 Å². The van der Waals surface area contributed by atoms with Gasteiger partial charge in [-0.1, -0.05) is 0 Å². The van der Waals surface area contributed by atoms with Gasteiger partial charge in [0.1, 0.15) is 0 Å². The Labute approximate surface area is 139 Å². The number of halogens is 1. The summed E-state index contributed by atoms with van der Waals surface area (Å²) < 4.78 is 26.8. The number of sulfonamides is 1. The van der Waals surface area contributed by atoms with E-state index in [0.717, 1.165) is 33.9 Å². The molecule has 1 aromatic heterocycles. The van der Waals surface area contributed by atoms with Crippen LogP contribution in [0.1, 0.15) is 24.0 Å². The maximum absolute atomic E-state index is 11.8. The fraction of sp³-hybridized carbons (Fsp3) is 0.467. The smallest absolute Gasteiger partial charge is 0.215 e. The van der Waals surface area contributed by atoms with E-state index in [1.54, 1.807) is 0 Å². The van der Waals surface area contributed by atoms with Crippen molar-refractivity contribution in [3.63, 3.8) is 0 Å². The molecule has 0 saturated carbocycles. The van der Waals surface area contributed by atoms with Crippen LogP contribution in [0, 0.1) is 0 Å². The summed E-state index contributed by atoms with van der Waals surface area (Å²) in [4.78, 5) is 3.29. The van der Waals surface area contributed by atoms with Crippen LogP contribution in [0.3, 0.4) is 0 Å². The minimum atomic E-state index is -3.27. The molecule has 0 bridgehead atoms. The monoisotopic (exact) mass is 385 g/mol. The molecule has 1 aliphatic rings. The number of aromatic nitrogens is 1. The largest absolute Gasteiger partial charge is 0.360 e. The number of nitrogens with one attached hydrogen (secondary N) is 3. The summed E-state index contributed by atoms with van der Waals surface area (Å²) in [5.41, 5.74) is 3.05. The molecule has 1 fully saturated rings. The zero-order valence-corrected chi connectivity index (χ0v) is 14.9. The summed E-state index contributed by atoms with van der Waals surface area (Å²) >= 11 is 3.54. The predicted molar refractivity (Wildman–Crippen MR) is 92.4 cm³/mol. The molecule has 0 spiro atoms. The highest BCUT2D eigenvalue weighted by molar-refractivity contribution is 9.10. The Kier molecular flexibility index (Phi) is 4.59. The number of H-pyrrole nitrogens is 1. The highest BCUT2D eigenvalue weighted by Gasteiger charge is 2.18. The van der Waals surface area contributed by atoms with Crippen LogP contribution >= 0.6 is 15.9 Å². The number of hydrogen-bond acceptors (Lipinski definition) is 3. The fourth-order valence-electron chi connectivity index (χ4n) is 3.04. The summed E-state index contributed by atoms with van der Waals surface area (Å²) in [6, 6.07) is 4.36. The molecule has 0 aliphatic carbocycles. The van der Waals surface area contributed by atoms with E-state index in [-0.39, 0.29) is 5.75 Å². The van der Waals surface area contributed by atoms with Gasteiger partial charge in [-0.15, -0.1) is 0 Å². The van der Waals surface area contributed by atoms with Crippen molar-refractivity contribution in [1.29, 1.82) is 0 Å². The minimum Gasteiger partial charge on any atom is -0.360 e. The molecule has 0 unspecified atom stereocenters. The lowest BCUT2D eigenvalue weighted by atomic mass is 10.0. The van der Waals surface area contributed by atoms with E-state index < -0.39 is 10.0 Å². The normalized spacial score (nSPS) is 19.1. The Morgan fingerprint density at radius 3 is 2.91 bits per heavy atom. The summed E-state index contributed by atoms with van der Waals surface area (Å²) in [5.74, 6) is -0.00958. The second kappa shape index (κ2) is 6.31. The minimum absolute atomic E-state index is 0.00958. The first-order valence-electron chi connectivity index (χ1n) is 7.41. The van der Waals surface area contributed by atoms with Gasteiger partial charge in [0.05, 0.1) is 11.3 Å². The van der Waals surface area contributed by atoms with Crippen molar-refractivity contribution in [2.45, 2.75) is 31.1 Å². The molecule has 22 heavy (non-hydrogen) atoms. The maximum atomic E-state index is 11.8. The van der Waals surface area contributed by atoms with Gasteiger partial charge in [-0.05, 0) is 72.0 Å². The van der Waals surface area contributed by atoms with E-state index in [4.69, 9.17) is 0 Å². The van der Waals surface area contributed by atoms with Crippen LogP contribution in [0.15, 0.2) is 22.8 Å². The molecule has 5 nitrogen and oxygen atoms in total. The lowest BCUT2D eigenvalue weighted by molar-refractivity contribution is 0.587. The second-order valence-corrected chi connectivity index (χ2v) is 8.56. The van der Waals surface area contributed by atoms with Gasteiger partial charge in [0.2, 0.25) is 10.0 Å². The van der Waals surface area contributed by atoms with Gasteiger partial charge in [-0.2, -0.15) is 0 Å². The first-order valence-corrected chi connectivity index (χ1v) is 9.86. The molecule has 2 aromatic rings. The molecule has 0 amide bonds. The second-order valence-electron chi connectivity index (χ2n) is 5.77. The average molecular weight is 386 g/mol. The van der Waals surface area contributed by atoms with Crippen molar-refractivity contribution in [1.82, 2.24) is 15.0 Å². The molecule has 1 aliphatic heterocycles. The third-order valence-electron chi connectivity index (χ3n) is 4.18. The van der Waals surface area contributed by atoms with Gasteiger partial charge in [0.15, 0.2) is 0 Å². The number of fused-ring (bicyclic) bond motifs is 1. The third-order valence-corrected chi connectivity index (χ3v) is 6.14. The Hall–Kier alpha value is -0.890. The van der Waals surface area contributed by atoms with Crippen LogP contribution in [0.2, 0.25) is 0 Å². The zero-order chi connectivity index (χ0) is 15.7. The van der Waals surface area contributed by atoms with Gasteiger partial charge in [-0.25, -0.2) is 13.1 Å². The van der Waals surface area contributed by atoms with Crippen LogP contribution in [0.25, 0.3) is 10.9 Å². The molecule has 0 radical (unpaired) electrons. The van der Waals surface area contributed by atoms with Crippen LogP contribution < -0.4 is 10.0 Å². The van der Waals surface area contributed by atoms with Gasteiger partial charge < -0.3 is 10.3 Å². The Bertz CT molecular complexity index is 779. The van der Waals surface area contributed by atoms with Crippen molar-refractivity contribution in [2.24, 2.45) is 0 Å². The van der Waals surface area contributed by atoms with Gasteiger partial charge >= 0.3 is 0 Å². The van der Waals surface area contributed by atoms with E-state index in [9.17, 15) is 8.42 Å². The molecular formula is C15H20BrN3O2S. The third kappa shape index (κ3) is 3.37. The highest BCUT2D eigenvalue weighted by atomic mass is 79.9. The Balaban J connectivity index is 1.95. The molecule has 120 valence electrons. The van der Waals surface area contributed by atoms with Crippen molar-refractivity contribution < 1.29 is 8.42 Å². The SMILES string of the molecule is CNS(=O)(=O)Cc1cc(Br)c2[nH]cc(C[C@H]3CCCN3)c2c1. The number of aromatic amines is 1. The van der Waals surface area contributed by atoms with Crippen LogP contribution in [-0.4, -0.2) is 33.0 Å². The Morgan fingerprint density at radius 2 is 2.23 bits per heavy atom. The fourth-order valence-corrected chi connectivity index (χ4v) is 4.41. The van der Waals surface area contributed by atoms with E-state index >= 15 is 0 Å². The van der Waals surface area contributed by atoms with Crippen molar-refractivity contribution in [3.8, 4) is 0 Å². The van der Waals surface area contributed by atoms with E-state index in [1.165, 1.54) is 25.5 Å². The quantitative estimate of drug-likeness (QED) is 0.738. The first-order chi connectivity index (χ1) is 10.5. The Morgan fingerprint density at radius 1 is 1.41 bits per heavy atom. The van der Waals surface area contributed by atoms with E-state index in [0.29, 0.717) is 6.04 Å². The number of hydrogen-bond donors (Lipinski definition) is 3. The lowest BCUT2D eigenvalue weighted by Crippen LogP contribution is -2.23. The van der Waals surface area contributed by atoms with Crippen LogP contribution in [-0.2, 0) is 22.2 Å². The highest BCUT2D eigenvalue weighted by Crippen LogP contribution is 2.29. The van der Waals surface area contributed by atoms with Crippen LogP contribution in [0.5, 0.6) is 0 Å². The molecule has 3 rings (SSSR count). The van der Waals surface area contributed by atoms with E-state index in [2.05, 4.69) is 31.0 Å². The van der Waals surface area contributed by atoms with E-state index in [1.807, 2.05) is 18.3 Å². The summed E-state index contributed by atoms with van der Waals surface area (Å²) in [7, 11) is -1.83. The summed E-state index contributed by atoms with van der Waals surface area (Å²) in [6.45, 7) is 1.09. The van der Waals surface area contributed by atoms with Gasteiger partial charge in [0, 0.05) is 22.1 Å². The first kappa shape index (κ1) is 16.0. The summed E-state index contributed by atoms with van der Waals surface area (Å²) in [6.07, 6.45) is 5.42. The molecule has 1 atom stereocenters. The lowest BCUT2D eigenvalue weighted by Gasteiger charge is -2.10. The molecule has 3 N–H and O–H groups in total. The van der Waals surface area contributed by atoms with Gasteiger partial charge in [0.25, 0.3) is 0 Å². The average Bonchev–Trinajstić information content (AvgIpc) is 3.10. The number of benzene rings is 1. The molecule has 7 heteroatoms. The maximum Gasteiger partial charge on any atom is 0.215 e. The predicted octanol–water partition coefficient (Wildman–Crippen LogP) is 2.27. The van der Waals surface area contributed by atoms with Crippen molar-refractivity contribution in [2.75, 3.05) is 13.6 Å². The zero-order valence-electron chi connectivity index (χ0n) is 12.4. The topological polar surface area (TPSA) is 74.0 Å². The number of rotatable bonds is 5. The van der Waals surface area contributed by atoms with Crippen molar-refractivity contribution in [3.05, 3.63) is 33.9 Å². The standard InChI is InChI=1S/C15H20BrN3O2S/c1-17-22(20,21)9-10-5-13-11(7-12-3-2-4-18-12)8-19-15(13)14(16)6-10/h5-6,8,12,17-19H,2-4,7,9H2,1H3/t12-/m1/s1. The van der Waals surface area contributed by atoms with Crippen LogP contribution in [0.4, 0.5) is 0 Å². The molecular weight excluding hydrogens is 366 g/mol. The molecule has 1 saturated heterocycles. The van der Waals surface area contributed by atoms with Gasteiger partial charge in [-0.3, -0.25) is 0 Å².